The minimum atomic E-state index is -0.539. The molecule has 142 valence electrons. The molecule has 2 aromatic rings. The van der Waals surface area contributed by atoms with E-state index in [0.717, 1.165) is 0 Å². The molecule has 1 aromatic heterocycles. The first-order valence-corrected chi connectivity index (χ1v) is 8.65. The third-order valence-corrected chi connectivity index (χ3v) is 4.49. The summed E-state index contributed by atoms with van der Waals surface area (Å²) in [6, 6.07) is 6.69. The van der Waals surface area contributed by atoms with E-state index in [9.17, 15) is 14.4 Å². The van der Waals surface area contributed by atoms with E-state index in [1.807, 2.05) is 0 Å². The second kappa shape index (κ2) is 7.61. The van der Waals surface area contributed by atoms with Crippen molar-refractivity contribution in [2.45, 2.75) is 39.7 Å². The van der Waals surface area contributed by atoms with Crippen LogP contribution < -0.4 is 10.2 Å². The Balaban J connectivity index is 1.70. The lowest BCUT2D eigenvalue weighted by molar-refractivity contribution is -0.147. The van der Waals surface area contributed by atoms with Crippen molar-refractivity contribution in [3.8, 4) is 0 Å². The van der Waals surface area contributed by atoms with Crippen molar-refractivity contribution in [3.63, 3.8) is 0 Å². The van der Waals surface area contributed by atoms with Crippen molar-refractivity contribution in [1.29, 1.82) is 0 Å². The Morgan fingerprint density at radius 1 is 1.33 bits per heavy atom. The van der Waals surface area contributed by atoms with E-state index in [1.54, 1.807) is 45.0 Å². The Kier molecular flexibility index (Phi) is 5.25. The van der Waals surface area contributed by atoms with E-state index in [4.69, 9.17) is 9.26 Å². The summed E-state index contributed by atoms with van der Waals surface area (Å²) in [5.41, 5.74) is 2.43. The lowest BCUT2D eigenvalue weighted by Crippen LogP contribution is -2.41. The summed E-state index contributed by atoms with van der Waals surface area (Å²) in [5.74, 6) is -0.544. The number of anilines is 2. The van der Waals surface area contributed by atoms with Crippen LogP contribution in [0.4, 0.5) is 11.4 Å². The second-order valence-electron chi connectivity index (χ2n) is 6.52. The van der Waals surface area contributed by atoms with E-state index in [0.29, 0.717) is 28.4 Å². The number of esters is 1. The van der Waals surface area contributed by atoms with Crippen molar-refractivity contribution < 1.29 is 23.6 Å². The number of nitrogens with zero attached hydrogens (tertiary/aromatic N) is 2. The highest BCUT2D eigenvalue weighted by molar-refractivity contribution is 6.05. The number of aryl methyl sites for hydroxylation is 2. The maximum atomic E-state index is 12.8. The molecule has 0 bridgehead atoms. The third-order valence-electron chi connectivity index (χ3n) is 4.49. The summed E-state index contributed by atoms with van der Waals surface area (Å²) in [6.45, 7) is 4.83. The molecule has 1 unspecified atom stereocenters. The fourth-order valence-corrected chi connectivity index (χ4v) is 3.13. The highest BCUT2D eigenvalue weighted by Gasteiger charge is 2.30. The normalized spacial score (nSPS) is 16.3. The molecule has 8 heteroatoms. The largest absolute Gasteiger partial charge is 0.455 e. The van der Waals surface area contributed by atoms with Gasteiger partial charge in [-0.05, 0) is 32.9 Å². The van der Waals surface area contributed by atoms with Crippen LogP contribution in [-0.4, -0.2) is 35.6 Å². The van der Waals surface area contributed by atoms with Gasteiger partial charge in [0.2, 0.25) is 5.91 Å². The number of rotatable bonds is 4. The lowest BCUT2D eigenvalue weighted by Gasteiger charge is -2.27. The van der Waals surface area contributed by atoms with Gasteiger partial charge >= 0.3 is 5.97 Å². The number of fused-ring (bicyclic) bond motifs is 1. The van der Waals surface area contributed by atoms with Crippen LogP contribution in [0.15, 0.2) is 28.8 Å². The number of benzene rings is 1. The standard InChI is InChI=1S/C19H21N3O5/c1-11-8-17(23)20-15-6-4-5-7-16(15)22(11)18(24)10-26-19(25)9-14-12(2)21-27-13(14)3/h4-7,11H,8-10H2,1-3H3,(H,20,23). The van der Waals surface area contributed by atoms with Crippen LogP contribution in [0.25, 0.3) is 0 Å². The van der Waals surface area contributed by atoms with Gasteiger partial charge in [0, 0.05) is 18.0 Å². The van der Waals surface area contributed by atoms with Crippen molar-refractivity contribution in [1.82, 2.24) is 5.16 Å². The molecule has 27 heavy (non-hydrogen) atoms. The van der Waals surface area contributed by atoms with Crippen LogP contribution in [0.5, 0.6) is 0 Å². The molecule has 0 aliphatic carbocycles. The van der Waals surface area contributed by atoms with Gasteiger partial charge in [-0.15, -0.1) is 0 Å². The average Bonchev–Trinajstić information content (AvgIpc) is 2.86. The number of aromatic nitrogens is 1. The van der Waals surface area contributed by atoms with Crippen LogP contribution in [0.3, 0.4) is 0 Å². The van der Waals surface area contributed by atoms with Gasteiger partial charge in [0.25, 0.3) is 5.91 Å². The molecule has 8 nitrogen and oxygen atoms in total. The smallest absolute Gasteiger partial charge is 0.310 e. The van der Waals surface area contributed by atoms with E-state index < -0.39 is 18.5 Å². The minimum Gasteiger partial charge on any atom is -0.455 e. The Bertz CT molecular complexity index is 870. The van der Waals surface area contributed by atoms with Crippen molar-refractivity contribution in [2.24, 2.45) is 0 Å². The predicted molar refractivity (Wildman–Crippen MR) is 97.3 cm³/mol. The number of hydrogen-bond acceptors (Lipinski definition) is 6. The van der Waals surface area contributed by atoms with Crippen LogP contribution in [0.1, 0.15) is 30.4 Å². The first kappa shape index (κ1) is 18.6. The molecule has 2 heterocycles. The van der Waals surface area contributed by atoms with Crippen LogP contribution >= 0.6 is 0 Å². The molecule has 1 aliphatic heterocycles. The molecule has 0 fully saturated rings. The van der Waals surface area contributed by atoms with Crippen molar-refractivity contribution in [2.75, 3.05) is 16.8 Å². The zero-order valence-electron chi connectivity index (χ0n) is 15.4. The van der Waals surface area contributed by atoms with Gasteiger partial charge in [0.15, 0.2) is 6.61 Å². The first-order valence-electron chi connectivity index (χ1n) is 8.65. The van der Waals surface area contributed by atoms with Gasteiger partial charge in [-0.3, -0.25) is 14.4 Å². The minimum absolute atomic E-state index is 0.0133. The lowest BCUT2D eigenvalue weighted by atomic mass is 10.1. The maximum Gasteiger partial charge on any atom is 0.310 e. The number of carbonyl (C=O) groups excluding carboxylic acids is 3. The molecular formula is C19H21N3O5. The van der Waals surface area contributed by atoms with E-state index in [2.05, 4.69) is 10.5 Å². The van der Waals surface area contributed by atoms with Crippen molar-refractivity contribution in [3.05, 3.63) is 41.3 Å². The van der Waals surface area contributed by atoms with Gasteiger partial charge in [-0.25, -0.2) is 0 Å². The third kappa shape index (κ3) is 3.99. The number of ether oxygens (including phenoxy) is 1. The Morgan fingerprint density at radius 3 is 2.78 bits per heavy atom. The van der Waals surface area contributed by atoms with Gasteiger partial charge < -0.3 is 19.5 Å². The highest BCUT2D eigenvalue weighted by atomic mass is 16.5. The molecular weight excluding hydrogens is 350 g/mol. The number of nitrogens with one attached hydrogen (secondary N) is 1. The van der Waals surface area contributed by atoms with Gasteiger partial charge in [0.05, 0.1) is 23.5 Å². The topological polar surface area (TPSA) is 102 Å². The molecule has 0 spiro atoms. The summed E-state index contributed by atoms with van der Waals surface area (Å²) in [5, 5.41) is 6.58. The fourth-order valence-electron chi connectivity index (χ4n) is 3.13. The maximum absolute atomic E-state index is 12.8. The molecule has 1 aromatic carbocycles. The number of hydrogen-bond donors (Lipinski definition) is 1. The van der Waals surface area contributed by atoms with E-state index in [1.165, 1.54) is 4.90 Å². The second-order valence-corrected chi connectivity index (χ2v) is 6.52. The predicted octanol–water partition coefficient (Wildman–Crippen LogP) is 2.14. The number of para-hydroxylation sites is 2. The Labute approximate surface area is 156 Å². The van der Waals surface area contributed by atoms with Gasteiger partial charge in [-0.1, -0.05) is 17.3 Å². The number of carbonyl (C=O) groups is 3. The summed E-state index contributed by atoms with van der Waals surface area (Å²) in [6.07, 6.45) is 0.147. The first-order chi connectivity index (χ1) is 12.9. The Hall–Kier alpha value is -3.16. The highest BCUT2D eigenvalue weighted by Crippen LogP contribution is 2.31. The fraction of sp³-hybridized carbons (Fsp3) is 0.368. The summed E-state index contributed by atoms with van der Waals surface area (Å²) in [4.78, 5) is 38.3. The number of amides is 2. The van der Waals surface area contributed by atoms with E-state index >= 15 is 0 Å². The summed E-state index contributed by atoms with van der Waals surface area (Å²) < 4.78 is 10.2. The zero-order chi connectivity index (χ0) is 19.6. The monoisotopic (exact) mass is 371 g/mol. The molecule has 1 N–H and O–H groups in total. The van der Waals surface area contributed by atoms with Crippen LogP contribution in [0, 0.1) is 13.8 Å². The molecule has 1 atom stereocenters. The molecule has 0 radical (unpaired) electrons. The molecule has 2 amide bonds. The molecule has 1 aliphatic rings. The quantitative estimate of drug-likeness (QED) is 0.826. The summed E-state index contributed by atoms with van der Waals surface area (Å²) in [7, 11) is 0. The van der Waals surface area contributed by atoms with Gasteiger partial charge in [0.1, 0.15) is 5.76 Å². The zero-order valence-corrected chi connectivity index (χ0v) is 15.4. The van der Waals surface area contributed by atoms with E-state index in [-0.39, 0.29) is 24.8 Å². The molecule has 0 saturated heterocycles. The van der Waals surface area contributed by atoms with Crippen molar-refractivity contribution >= 4 is 29.2 Å². The SMILES string of the molecule is Cc1noc(C)c1CC(=O)OCC(=O)N1c2ccccc2NC(=O)CC1C. The molecule has 3 rings (SSSR count). The van der Waals surface area contributed by atoms with Gasteiger partial charge in [-0.2, -0.15) is 0 Å². The summed E-state index contributed by atoms with van der Waals surface area (Å²) >= 11 is 0. The molecule has 0 saturated carbocycles. The average molecular weight is 371 g/mol. The van der Waals surface area contributed by atoms with Crippen LogP contribution in [-0.2, 0) is 25.5 Å². The van der Waals surface area contributed by atoms with Crippen LogP contribution in [0.2, 0.25) is 0 Å². The Morgan fingerprint density at radius 2 is 2.07 bits per heavy atom.